The number of hydrogen-bond acceptors (Lipinski definition) is 2. The molecule has 3 nitrogen and oxygen atoms in total. The van der Waals surface area contributed by atoms with Crippen molar-refractivity contribution in [2.24, 2.45) is 4.99 Å². The highest BCUT2D eigenvalue weighted by Gasteiger charge is 1.92. The normalized spacial score (nSPS) is 9.44. The standard InChI is InChI=1S/C6H9N3/c1-3-5-8-4-6(7-2)9-5/h4H,2-3H2,1H3,(H,8,9). The lowest BCUT2D eigenvalue weighted by Crippen LogP contribution is -1.79. The highest BCUT2D eigenvalue weighted by atomic mass is 15.0. The van der Waals surface area contributed by atoms with E-state index in [-0.39, 0.29) is 0 Å². The maximum absolute atomic E-state index is 4.02. The molecule has 0 unspecified atom stereocenters. The molecule has 0 aromatic carbocycles. The average Bonchev–Trinajstić information content (AvgIpc) is 2.34. The molecule has 0 radical (unpaired) electrons. The first-order valence-corrected chi connectivity index (χ1v) is 2.87. The number of aryl methyl sites for hydroxylation is 1. The molecule has 1 aromatic rings. The zero-order valence-corrected chi connectivity index (χ0v) is 5.39. The third kappa shape index (κ3) is 1.16. The number of rotatable bonds is 2. The van der Waals surface area contributed by atoms with Crippen LogP contribution < -0.4 is 0 Å². The minimum absolute atomic E-state index is 0.742. The molecule has 1 heterocycles. The molecular formula is C6H9N3. The van der Waals surface area contributed by atoms with Crippen LogP contribution in [0.1, 0.15) is 12.7 Å². The van der Waals surface area contributed by atoms with Gasteiger partial charge in [-0.05, 0) is 6.72 Å². The summed E-state index contributed by atoms with van der Waals surface area (Å²) in [5, 5.41) is 0. The van der Waals surface area contributed by atoms with E-state index in [0.717, 1.165) is 18.1 Å². The van der Waals surface area contributed by atoms with Gasteiger partial charge in [-0.25, -0.2) is 9.98 Å². The Bertz CT molecular complexity index is 202. The largest absolute Gasteiger partial charge is 0.327 e. The van der Waals surface area contributed by atoms with Gasteiger partial charge in [-0.2, -0.15) is 0 Å². The van der Waals surface area contributed by atoms with Gasteiger partial charge in [0.2, 0.25) is 0 Å². The van der Waals surface area contributed by atoms with Crippen molar-refractivity contribution in [2.75, 3.05) is 0 Å². The number of H-pyrrole nitrogens is 1. The minimum Gasteiger partial charge on any atom is -0.327 e. The van der Waals surface area contributed by atoms with Crippen LogP contribution in [0.3, 0.4) is 0 Å². The molecule has 0 bridgehead atoms. The lowest BCUT2D eigenvalue weighted by atomic mass is 10.5. The van der Waals surface area contributed by atoms with Gasteiger partial charge in [-0.15, -0.1) is 0 Å². The summed E-state index contributed by atoms with van der Waals surface area (Å²) in [6.45, 7) is 5.39. The van der Waals surface area contributed by atoms with Crippen molar-refractivity contribution in [3.63, 3.8) is 0 Å². The molecule has 1 rings (SSSR count). The first kappa shape index (κ1) is 6.01. The van der Waals surface area contributed by atoms with E-state index in [1.54, 1.807) is 6.20 Å². The first-order valence-electron chi connectivity index (χ1n) is 2.87. The van der Waals surface area contributed by atoms with Gasteiger partial charge >= 0.3 is 0 Å². The average molecular weight is 123 g/mol. The maximum atomic E-state index is 4.02. The second-order valence-corrected chi connectivity index (χ2v) is 1.73. The van der Waals surface area contributed by atoms with Crippen LogP contribution in [0.15, 0.2) is 11.2 Å². The number of hydrogen-bond donors (Lipinski definition) is 1. The number of aliphatic imine (C=N–C) groups is 1. The Morgan fingerprint density at radius 3 is 3.00 bits per heavy atom. The summed E-state index contributed by atoms with van der Waals surface area (Å²) in [6.07, 6.45) is 2.58. The van der Waals surface area contributed by atoms with Gasteiger partial charge in [0.1, 0.15) is 11.6 Å². The molecule has 0 saturated carbocycles. The summed E-state index contributed by atoms with van der Waals surface area (Å²) >= 11 is 0. The number of imidazole rings is 1. The maximum Gasteiger partial charge on any atom is 0.149 e. The van der Waals surface area contributed by atoms with Gasteiger partial charge in [0.05, 0.1) is 6.20 Å². The molecule has 0 aliphatic rings. The fraction of sp³-hybridized carbons (Fsp3) is 0.333. The van der Waals surface area contributed by atoms with Crippen LogP contribution in [-0.4, -0.2) is 16.7 Å². The summed E-state index contributed by atoms with van der Waals surface area (Å²) in [5.41, 5.74) is 0. The van der Waals surface area contributed by atoms with Crippen LogP contribution in [0.2, 0.25) is 0 Å². The van der Waals surface area contributed by atoms with Crippen molar-refractivity contribution in [2.45, 2.75) is 13.3 Å². The van der Waals surface area contributed by atoms with Crippen LogP contribution in [-0.2, 0) is 6.42 Å². The Morgan fingerprint density at radius 2 is 2.67 bits per heavy atom. The Morgan fingerprint density at radius 1 is 1.89 bits per heavy atom. The summed E-state index contributed by atoms with van der Waals surface area (Å²) in [6, 6.07) is 0. The second kappa shape index (κ2) is 2.44. The lowest BCUT2D eigenvalue weighted by Gasteiger charge is -1.82. The lowest BCUT2D eigenvalue weighted by molar-refractivity contribution is 0.989. The molecule has 48 valence electrons. The molecular weight excluding hydrogens is 114 g/mol. The molecule has 0 fully saturated rings. The van der Waals surface area contributed by atoms with E-state index in [0.29, 0.717) is 0 Å². The van der Waals surface area contributed by atoms with E-state index in [9.17, 15) is 0 Å². The Balaban J connectivity index is 2.86. The summed E-state index contributed by atoms with van der Waals surface area (Å²) in [5.74, 6) is 1.70. The van der Waals surface area contributed by atoms with Crippen LogP contribution in [0.4, 0.5) is 5.82 Å². The van der Waals surface area contributed by atoms with E-state index in [1.165, 1.54) is 0 Å². The van der Waals surface area contributed by atoms with E-state index >= 15 is 0 Å². The van der Waals surface area contributed by atoms with Gasteiger partial charge in [0.15, 0.2) is 0 Å². The van der Waals surface area contributed by atoms with Crippen molar-refractivity contribution < 1.29 is 0 Å². The van der Waals surface area contributed by atoms with E-state index < -0.39 is 0 Å². The zero-order chi connectivity index (χ0) is 6.69. The molecule has 3 heteroatoms. The number of aromatic amines is 1. The Hall–Kier alpha value is -1.12. The van der Waals surface area contributed by atoms with Gasteiger partial charge in [0.25, 0.3) is 0 Å². The van der Waals surface area contributed by atoms with Crippen molar-refractivity contribution in [1.29, 1.82) is 0 Å². The van der Waals surface area contributed by atoms with Crippen LogP contribution in [0.5, 0.6) is 0 Å². The van der Waals surface area contributed by atoms with Crippen LogP contribution in [0, 0.1) is 0 Å². The molecule has 0 atom stereocenters. The fourth-order valence-corrected chi connectivity index (χ4v) is 0.611. The molecule has 0 spiro atoms. The topological polar surface area (TPSA) is 41.0 Å². The third-order valence-electron chi connectivity index (χ3n) is 1.12. The number of nitrogens with zero attached hydrogens (tertiary/aromatic N) is 2. The van der Waals surface area contributed by atoms with Gasteiger partial charge in [-0.3, -0.25) is 0 Å². The second-order valence-electron chi connectivity index (χ2n) is 1.73. The molecule has 9 heavy (non-hydrogen) atoms. The van der Waals surface area contributed by atoms with Crippen molar-refractivity contribution in [3.8, 4) is 0 Å². The molecule has 0 aliphatic carbocycles. The highest BCUT2D eigenvalue weighted by molar-refractivity contribution is 5.37. The van der Waals surface area contributed by atoms with Crippen LogP contribution in [0.25, 0.3) is 0 Å². The highest BCUT2D eigenvalue weighted by Crippen LogP contribution is 2.05. The fourth-order valence-electron chi connectivity index (χ4n) is 0.611. The molecule has 1 N–H and O–H groups in total. The number of nitrogens with one attached hydrogen (secondary N) is 1. The van der Waals surface area contributed by atoms with E-state index in [2.05, 4.69) is 21.7 Å². The van der Waals surface area contributed by atoms with E-state index in [4.69, 9.17) is 0 Å². The molecule has 0 saturated heterocycles. The zero-order valence-electron chi connectivity index (χ0n) is 5.39. The third-order valence-corrected chi connectivity index (χ3v) is 1.12. The quantitative estimate of drug-likeness (QED) is 0.592. The molecule has 0 amide bonds. The van der Waals surface area contributed by atoms with E-state index in [1.807, 2.05) is 6.92 Å². The molecule has 0 aliphatic heterocycles. The molecule has 1 aromatic heterocycles. The smallest absolute Gasteiger partial charge is 0.149 e. The summed E-state index contributed by atoms with van der Waals surface area (Å²) < 4.78 is 0. The van der Waals surface area contributed by atoms with Gasteiger partial charge in [0, 0.05) is 6.42 Å². The predicted octanol–water partition coefficient (Wildman–Crippen LogP) is 1.30. The number of aromatic nitrogens is 2. The van der Waals surface area contributed by atoms with Crippen LogP contribution >= 0.6 is 0 Å². The first-order chi connectivity index (χ1) is 4.36. The van der Waals surface area contributed by atoms with Crippen molar-refractivity contribution in [3.05, 3.63) is 12.0 Å². The Labute approximate surface area is 53.9 Å². The minimum atomic E-state index is 0.742. The van der Waals surface area contributed by atoms with Crippen molar-refractivity contribution in [1.82, 2.24) is 9.97 Å². The predicted molar refractivity (Wildman–Crippen MR) is 37.2 cm³/mol. The van der Waals surface area contributed by atoms with Gasteiger partial charge < -0.3 is 4.98 Å². The Kier molecular flexibility index (Phi) is 1.63. The monoisotopic (exact) mass is 123 g/mol. The van der Waals surface area contributed by atoms with Gasteiger partial charge in [-0.1, -0.05) is 6.92 Å². The van der Waals surface area contributed by atoms with Crippen molar-refractivity contribution >= 4 is 12.5 Å². The summed E-state index contributed by atoms with van der Waals surface area (Å²) in [7, 11) is 0. The summed E-state index contributed by atoms with van der Waals surface area (Å²) in [4.78, 5) is 10.7. The SMILES string of the molecule is C=Nc1cnc(CC)[nH]1.